The topological polar surface area (TPSA) is 30.5 Å². The second kappa shape index (κ2) is 8.60. The molecule has 3 nitrogen and oxygen atoms in total. The van der Waals surface area contributed by atoms with Crippen LogP contribution in [0.15, 0.2) is 36.9 Å². The minimum Gasteiger partial charge on any atom is -0.406 e. The van der Waals surface area contributed by atoms with Gasteiger partial charge in [-0.25, -0.2) is 0 Å². The van der Waals surface area contributed by atoms with Gasteiger partial charge in [0.2, 0.25) is 0 Å². The molecular weight excluding hydrogens is 271 g/mol. The van der Waals surface area contributed by atoms with Crippen molar-refractivity contribution in [3.8, 4) is 5.75 Å². The van der Waals surface area contributed by atoms with Gasteiger partial charge in [-0.2, -0.15) is 0 Å². The molecule has 1 N–H and O–H groups in total. The number of nitrogens with one attached hydrogen (secondary N) is 1. The zero-order chi connectivity index (χ0) is 14.8. The van der Waals surface area contributed by atoms with Crippen LogP contribution < -0.4 is 10.1 Å². The molecule has 0 radical (unpaired) electrons. The molecule has 1 rings (SSSR count). The van der Waals surface area contributed by atoms with Crippen molar-refractivity contribution in [1.82, 2.24) is 5.32 Å². The minimum absolute atomic E-state index is 0.209. The van der Waals surface area contributed by atoms with Gasteiger partial charge in [-0.3, -0.25) is 0 Å². The fourth-order valence-corrected chi connectivity index (χ4v) is 1.50. The van der Waals surface area contributed by atoms with Crippen LogP contribution in [0.1, 0.15) is 12.0 Å². The molecule has 0 atom stereocenters. The first-order chi connectivity index (χ1) is 9.51. The Morgan fingerprint density at radius 2 is 2.05 bits per heavy atom. The minimum atomic E-state index is -4.66. The van der Waals surface area contributed by atoms with Crippen LogP contribution in [-0.2, 0) is 11.3 Å². The molecule has 0 unspecified atom stereocenters. The molecule has 0 saturated heterocycles. The van der Waals surface area contributed by atoms with Gasteiger partial charge < -0.3 is 14.8 Å². The second-order valence-electron chi connectivity index (χ2n) is 4.06. The summed E-state index contributed by atoms with van der Waals surface area (Å²) in [5.74, 6) is -0.209. The molecule has 1 aromatic carbocycles. The summed E-state index contributed by atoms with van der Waals surface area (Å²) < 4.78 is 45.3. The third kappa shape index (κ3) is 7.81. The highest BCUT2D eigenvalue weighted by Crippen LogP contribution is 2.23. The van der Waals surface area contributed by atoms with Gasteiger partial charge in [-0.15, -0.1) is 19.8 Å². The Bertz CT molecular complexity index is 408. The average Bonchev–Trinajstić information content (AvgIpc) is 2.36. The maximum absolute atomic E-state index is 12.1. The standard InChI is InChI=1S/C14H18F3NO2/c1-2-3-8-19-9-7-18-11-12-5-4-6-13(10-12)20-14(15,16)17/h2,4-6,10,18H,1,3,7-9,11H2. The van der Waals surface area contributed by atoms with E-state index in [0.717, 1.165) is 12.0 Å². The summed E-state index contributed by atoms with van der Waals surface area (Å²) in [4.78, 5) is 0. The number of halogens is 3. The lowest BCUT2D eigenvalue weighted by Gasteiger charge is -2.10. The Hall–Kier alpha value is -1.53. The number of alkyl halides is 3. The molecule has 0 aliphatic carbocycles. The van der Waals surface area contributed by atoms with Crippen molar-refractivity contribution in [3.63, 3.8) is 0 Å². The smallest absolute Gasteiger partial charge is 0.406 e. The van der Waals surface area contributed by atoms with Crippen LogP contribution in [-0.4, -0.2) is 26.1 Å². The third-order valence-corrected chi connectivity index (χ3v) is 2.35. The maximum Gasteiger partial charge on any atom is 0.573 e. The van der Waals surface area contributed by atoms with Crippen LogP contribution in [0.3, 0.4) is 0 Å². The molecule has 0 saturated carbocycles. The number of rotatable bonds is 9. The quantitative estimate of drug-likeness (QED) is 0.559. The normalized spacial score (nSPS) is 11.3. The first-order valence-corrected chi connectivity index (χ1v) is 6.25. The van der Waals surface area contributed by atoms with E-state index in [0.29, 0.717) is 26.3 Å². The summed E-state index contributed by atoms with van der Waals surface area (Å²) in [5, 5.41) is 3.08. The fourth-order valence-electron chi connectivity index (χ4n) is 1.50. The van der Waals surface area contributed by atoms with Gasteiger partial charge in [-0.1, -0.05) is 18.2 Å². The SMILES string of the molecule is C=CCCOCCNCc1cccc(OC(F)(F)F)c1. The maximum atomic E-state index is 12.1. The van der Waals surface area contributed by atoms with Crippen LogP contribution in [0.2, 0.25) is 0 Å². The predicted molar refractivity (Wildman–Crippen MR) is 70.5 cm³/mol. The van der Waals surface area contributed by atoms with Gasteiger partial charge in [-0.05, 0) is 24.1 Å². The molecular formula is C14H18F3NO2. The largest absolute Gasteiger partial charge is 0.573 e. The van der Waals surface area contributed by atoms with Crippen molar-refractivity contribution < 1.29 is 22.6 Å². The van der Waals surface area contributed by atoms with Crippen molar-refractivity contribution in [2.75, 3.05) is 19.8 Å². The Morgan fingerprint density at radius 3 is 2.75 bits per heavy atom. The highest BCUT2D eigenvalue weighted by Gasteiger charge is 2.31. The van der Waals surface area contributed by atoms with Crippen molar-refractivity contribution in [3.05, 3.63) is 42.5 Å². The number of benzene rings is 1. The number of hydrogen-bond acceptors (Lipinski definition) is 3. The lowest BCUT2D eigenvalue weighted by Crippen LogP contribution is -2.20. The molecule has 0 aliphatic heterocycles. The molecule has 0 spiro atoms. The molecule has 0 aromatic heterocycles. The Kier molecular flexibility index (Phi) is 7.11. The lowest BCUT2D eigenvalue weighted by atomic mass is 10.2. The molecule has 0 heterocycles. The summed E-state index contributed by atoms with van der Waals surface area (Å²) in [7, 11) is 0. The summed E-state index contributed by atoms with van der Waals surface area (Å²) in [6.07, 6.45) is -2.08. The zero-order valence-electron chi connectivity index (χ0n) is 11.1. The van der Waals surface area contributed by atoms with E-state index in [1.54, 1.807) is 12.1 Å². The van der Waals surface area contributed by atoms with Gasteiger partial charge in [0.1, 0.15) is 5.75 Å². The first kappa shape index (κ1) is 16.5. The van der Waals surface area contributed by atoms with Crippen molar-refractivity contribution in [2.24, 2.45) is 0 Å². The van der Waals surface area contributed by atoms with Crippen LogP contribution in [0.25, 0.3) is 0 Å². The van der Waals surface area contributed by atoms with Gasteiger partial charge in [0.25, 0.3) is 0 Å². The first-order valence-electron chi connectivity index (χ1n) is 6.25. The van der Waals surface area contributed by atoms with Gasteiger partial charge in [0.15, 0.2) is 0 Å². The van der Waals surface area contributed by atoms with E-state index >= 15 is 0 Å². The monoisotopic (exact) mass is 289 g/mol. The van der Waals surface area contributed by atoms with E-state index in [-0.39, 0.29) is 5.75 Å². The predicted octanol–water partition coefficient (Wildman–Crippen LogP) is 3.27. The lowest BCUT2D eigenvalue weighted by molar-refractivity contribution is -0.274. The Morgan fingerprint density at radius 1 is 1.25 bits per heavy atom. The van der Waals surface area contributed by atoms with Gasteiger partial charge in [0.05, 0.1) is 13.2 Å². The van der Waals surface area contributed by atoms with Crippen LogP contribution in [0, 0.1) is 0 Å². The molecule has 20 heavy (non-hydrogen) atoms. The Balaban J connectivity index is 2.26. The molecule has 0 amide bonds. The molecule has 0 fully saturated rings. The average molecular weight is 289 g/mol. The molecule has 1 aromatic rings. The highest BCUT2D eigenvalue weighted by atomic mass is 19.4. The molecule has 6 heteroatoms. The molecule has 0 bridgehead atoms. The van der Waals surface area contributed by atoms with Crippen LogP contribution >= 0.6 is 0 Å². The number of ether oxygens (including phenoxy) is 2. The van der Waals surface area contributed by atoms with Gasteiger partial charge >= 0.3 is 6.36 Å². The summed E-state index contributed by atoms with van der Waals surface area (Å²) >= 11 is 0. The van der Waals surface area contributed by atoms with Crippen molar-refractivity contribution >= 4 is 0 Å². The number of hydrogen-bond donors (Lipinski definition) is 1. The van der Waals surface area contributed by atoms with E-state index in [1.165, 1.54) is 18.2 Å². The van der Waals surface area contributed by atoms with Crippen molar-refractivity contribution in [1.29, 1.82) is 0 Å². The molecule has 112 valence electrons. The zero-order valence-corrected chi connectivity index (χ0v) is 11.1. The Labute approximate surface area is 116 Å². The van der Waals surface area contributed by atoms with E-state index < -0.39 is 6.36 Å². The molecule has 0 aliphatic rings. The third-order valence-electron chi connectivity index (χ3n) is 2.35. The highest BCUT2D eigenvalue weighted by molar-refractivity contribution is 5.28. The second-order valence-corrected chi connectivity index (χ2v) is 4.06. The summed E-state index contributed by atoms with van der Waals surface area (Å²) in [5.41, 5.74) is 0.720. The van der Waals surface area contributed by atoms with E-state index in [2.05, 4.69) is 16.6 Å². The van der Waals surface area contributed by atoms with Crippen LogP contribution in [0.4, 0.5) is 13.2 Å². The van der Waals surface area contributed by atoms with E-state index in [4.69, 9.17) is 4.74 Å². The van der Waals surface area contributed by atoms with E-state index in [9.17, 15) is 13.2 Å². The van der Waals surface area contributed by atoms with E-state index in [1.807, 2.05) is 0 Å². The van der Waals surface area contributed by atoms with Crippen LogP contribution in [0.5, 0.6) is 5.75 Å². The van der Waals surface area contributed by atoms with Gasteiger partial charge in [0, 0.05) is 13.1 Å². The fraction of sp³-hybridized carbons (Fsp3) is 0.429. The summed E-state index contributed by atoms with van der Waals surface area (Å²) in [6, 6.07) is 5.89. The summed E-state index contributed by atoms with van der Waals surface area (Å²) in [6.45, 7) is 5.84. The van der Waals surface area contributed by atoms with Crippen molar-refractivity contribution in [2.45, 2.75) is 19.3 Å².